The van der Waals surface area contributed by atoms with Crippen LogP contribution in [0.4, 0.5) is 0 Å². The van der Waals surface area contributed by atoms with E-state index >= 15 is 0 Å². The summed E-state index contributed by atoms with van der Waals surface area (Å²) in [6, 6.07) is 13.4. The number of amides is 1. The minimum absolute atomic E-state index is 0.0979. The van der Waals surface area contributed by atoms with Crippen molar-refractivity contribution in [3.8, 4) is 0 Å². The average Bonchev–Trinajstić information content (AvgIpc) is 3.45. The molecule has 1 amide bonds. The summed E-state index contributed by atoms with van der Waals surface area (Å²) in [5, 5.41) is 3.57. The average molecular weight is 461 g/mol. The normalized spacial score (nSPS) is 17.8. The van der Waals surface area contributed by atoms with Crippen molar-refractivity contribution in [1.82, 2.24) is 9.21 Å². The summed E-state index contributed by atoms with van der Waals surface area (Å²) in [6.45, 7) is 2.66. The second-order valence-corrected chi connectivity index (χ2v) is 11.0. The quantitative estimate of drug-likeness (QED) is 0.546. The van der Waals surface area contributed by atoms with E-state index in [9.17, 15) is 18.0 Å². The Morgan fingerprint density at radius 2 is 1.77 bits per heavy atom. The molecule has 1 aliphatic rings. The van der Waals surface area contributed by atoms with Gasteiger partial charge in [0, 0.05) is 42.2 Å². The number of rotatable bonds is 5. The van der Waals surface area contributed by atoms with Gasteiger partial charge in [0.05, 0.1) is 4.88 Å². The van der Waals surface area contributed by atoms with Crippen LogP contribution in [0.1, 0.15) is 32.5 Å². The molecule has 0 aliphatic carbocycles. The molecule has 156 valence electrons. The minimum atomic E-state index is -3.74. The van der Waals surface area contributed by atoms with E-state index in [1.807, 2.05) is 23.6 Å². The predicted octanol–water partition coefficient (Wildman–Crippen LogP) is 3.58. The molecule has 1 saturated heterocycles. The van der Waals surface area contributed by atoms with E-state index in [-0.39, 0.29) is 28.5 Å². The fourth-order valence-corrected chi connectivity index (χ4v) is 7.12. The molecule has 30 heavy (non-hydrogen) atoms. The number of carbonyl (C=O) groups is 2. The van der Waals surface area contributed by atoms with Gasteiger partial charge in [-0.2, -0.15) is 15.6 Å². The molecule has 1 atom stereocenters. The van der Waals surface area contributed by atoms with E-state index in [4.69, 9.17) is 0 Å². The summed E-state index contributed by atoms with van der Waals surface area (Å²) < 4.78 is 28.0. The van der Waals surface area contributed by atoms with Gasteiger partial charge < -0.3 is 4.90 Å². The van der Waals surface area contributed by atoms with Crippen molar-refractivity contribution in [2.75, 3.05) is 19.6 Å². The summed E-state index contributed by atoms with van der Waals surface area (Å²) in [6.07, 6.45) is 0. The zero-order valence-electron chi connectivity index (χ0n) is 16.2. The van der Waals surface area contributed by atoms with Gasteiger partial charge in [0.15, 0.2) is 0 Å². The molecule has 3 heterocycles. The van der Waals surface area contributed by atoms with Crippen LogP contribution in [-0.2, 0) is 10.0 Å². The van der Waals surface area contributed by atoms with Crippen molar-refractivity contribution < 1.29 is 18.0 Å². The number of piperazine rings is 1. The van der Waals surface area contributed by atoms with Crippen LogP contribution < -0.4 is 0 Å². The summed E-state index contributed by atoms with van der Waals surface area (Å²) in [7, 11) is -3.74. The highest BCUT2D eigenvalue weighted by molar-refractivity contribution is 7.91. The van der Waals surface area contributed by atoms with Crippen LogP contribution >= 0.6 is 22.7 Å². The number of hydrogen-bond donors (Lipinski definition) is 0. The number of hydrogen-bond acceptors (Lipinski definition) is 6. The number of nitrogens with zero attached hydrogens (tertiary/aromatic N) is 2. The molecule has 1 aromatic carbocycles. The van der Waals surface area contributed by atoms with Crippen molar-refractivity contribution in [3.63, 3.8) is 0 Å². The molecule has 3 aromatic rings. The molecular weight excluding hydrogens is 440 g/mol. The second-order valence-electron chi connectivity index (χ2n) is 7.04. The van der Waals surface area contributed by atoms with Crippen LogP contribution in [0.3, 0.4) is 0 Å². The van der Waals surface area contributed by atoms with E-state index in [0.29, 0.717) is 29.1 Å². The van der Waals surface area contributed by atoms with Gasteiger partial charge in [0.1, 0.15) is 4.21 Å². The lowest BCUT2D eigenvalue weighted by molar-refractivity contribution is 0.0642. The first-order chi connectivity index (χ1) is 14.4. The molecule has 0 N–H and O–H groups in total. The summed E-state index contributed by atoms with van der Waals surface area (Å²) in [4.78, 5) is 27.3. The third kappa shape index (κ3) is 3.98. The fourth-order valence-electron chi connectivity index (χ4n) is 3.48. The molecule has 4 rings (SSSR count). The number of thiophene rings is 2. The van der Waals surface area contributed by atoms with Crippen LogP contribution in [-0.4, -0.2) is 55.0 Å². The first-order valence-corrected chi connectivity index (χ1v) is 12.6. The first-order valence-electron chi connectivity index (χ1n) is 9.41. The molecule has 9 heteroatoms. The highest BCUT2D eigenvalue weighted by Gasteiger charge is 2.36. The van der Waals surface area contributed by atoms with Crippen molar-refractivity contribution in [1.29, 1.82) is 0 Å². The monoisotopic (exact) mass is 460 g/mol. The third-order valence-electron chi connectivity index (χ3n) is 5.03. The summed E-state index contributed by atoms with van der Waals surface area (Å²) in [5.74, 6) is -0.270. The Bertz CT molecular complexity index is 1150. The molecule has 0 spiro atoms. The fraction of sp³-hybridized carbons (Fsp3) is 0.238. The number of benzene rings is 1. The maximum Gasteiger partial charge on any atom is 0.253 e. The molecule has 1 fully saturated rings. The Balaban J connectivity index is 1.49. The standard InChI is InChI=1S/C21H20N2O4S3/c1-15-13-22(21(25)16-5-3-2-4-6-16)10-11-23(15)30(26,27)19-8-7-18(29-19)20(24)17-9-12-28-14-17/h2-9,12,14-15H,10-11,13H2,1H3/t15-/m1/s1. The van der Waals surface area contributed by atoms with Crippen molar-refractivity contribution in [3.05, 3.63) is 75.3 Å². The Morgan fingerprint density at radius 3 is 2.43 bits per heavy atom. The van der Waals surface area contributed by atoms with Crippen LogP contribution in [0, 0.1) is 0 Å². The number of ketones is 1. The SMILES string of the molecule is C[C@@H]1CN(C(=O)c2ccccc2)CCN1S(=O)(=O)c1ccc(C(=O)c2ccsc2)s1. The minimum Gasteiger partial charge on any atom is -0.336 e. The van der Waals surface area contributed by atoms with Gasteiger partial charge in [-0.25, -0.2) is 8.42 Å². The molecule has 6 nitrogen and oxygen atoms in total. The molecule has 0 bridgehead atoms. The lowest BCUT2D eigenvalue weighted by atomic mass is 10.1. The second kappa shape index (κ2) is 8.43. The third-order valence-corrected chi connectivity index (χ3v) is 9.27. The van der Waals surface area contributed by atoms with E-state index in [0.717, 1.165) is 11.3 Å². The number of sulfonamides is 1. The van der Waals surface area contributed by atoms with Crippen molar-refractivity contribution in [2.24, 2.45) is 0 Å². The molecule has 0 unspecified atom stereocenters. The smallest absolute Gasteiger partial charge is 0.253 e. The van der Waals surface area contributed by atoms with Crippen LogP contribution in [0.2, 0.25) is 0 Å². The van der Waals surface area contributed by atoms with Crippen LogP contribution in [0.25, 0.3) is 0 Å². The zero-order valence-corrected chi connectivity index (χ0v) is 18.7. The summed E-state index contributed by atoms with van der Waals surface area (Å²) >= 11 is 2.41. The Labute approximate surface area is 183 Å². The van der Waals surface area contributed by atoms with Crippen molar-refractivity contribution in [2.45, 2.75) is 17.2 Å². The van der Waals surface area contributed by atoms with Crippen LogP contribution in [0.5, 0.6) is 0 Å². The lowest BCUT2D eigenvalue weighted by Crippen LogP contribution is -2.55. The largest absolute Gasteiger partial charge is 0.336 e. The molecule has 1 aliphatic heterocycles. The topological polar surface area (TPSA) is 74.8 Å². The van der Waals surface area contributed by atoms with Gasteiger partial charge in [0.25, 0.3) is 15.9 Å². The van der Waals surface area contributed by atoms with Crippen molar-refractivity contribution >= 4 is 44.4 Å². The van der Waals surface area contributed by atoms with Gasteiger partial charge >= 0.3 is 0 Å². The van der Waals surface area contributed by atoms with E-state index < -0.39 is 10.0 Å². The summed E-state index contributed by atoms with van der Waals surface area (Å²) in [5.41, 5.74) is 1.16. The van der Waals surface area contributed by atoms with Gasteiger partial charge in [-0.05, 0) is 42.6 Å². The molecular formula is C21H20N2O4S3. The van der Waals surface area contributed by atoms with Gasteiger partial charge in [0.2, 0.25) is 5.78 Å². The zero-order chi connectivity index (χ0) is 21.3. The highest BCUT2D eigenvalue weighted by atomic mass is 32.2. The highest BCUT2D eigenvalue weighted by Crippen LogP contribution is 2.29. The van der Waals surface area contributed by atoms with Gasteiger partial charge in [-0.3, -0.25) is 9.59 Å². The van der Waals surface area contributed by atoms with E-state index in [1.54, 1.807) is 41.5 Å². The van der Waals surface area contributed by atoms with Crippen LogP contribution in [0.15, 0.2) is 63.5 Å². The lowest BCUT2D eigenvalue weighted by Gasteiger charge is -2.38. The predicted molar refractivity (Wildman–Crippen MR) is 118 cm³/mol. The van der Waals surface area contributed by atoms with Gasteiger partial charge in [-0.1, -0.05) is 18.2 Å². The maximum absolute atomic E-state index is 13.2. The van der Waals surface area contributed by atoms with E-state index in [2.05, 4.69) is 0 Å². The Kier molecular flexibility index (Phi) is 5.88. The first kappa shape index (κ1) is 20.9. The molecule has 2 aromatic heterocycles. The Hall–Kier alpha value is -2.33. The Morgan fingerprint density at radius 1 is 1.00 bits per heavy atom. The molecule has 0 saturated carbocycles. The molecule has 0 radical (unpaired) electrons. The maximum atomic E-state index is 13.2. The van der Waals surface area contributed by atoms with E-state index in [1.165, 1.54) is 21.7 Å². The van der Waals surface area contributed by atoms with Gasteiger partial charge in [-0.15, -0.1) is 11.3 Å². The number of carbonyl (C=O) groups excluding carboxylic acids is 2.